The first-order valence-electron chi connectivity index (χ1n) is 5.91. The molecule has 19 heavy (non-hydrogen) atoms. The van der Waals surface area contributed by atoms with Crippen LogP contribution in [0.2, 0.25) is 5.02 Å². The Morgan fingerprint density at radius 3 is 2.89 bits per heavy atom. The number of benzene rings is 1. The van der Waals surface area contributed by atoms with Crippen molar-refractivity contribution in [1.29, 1.82) is 0 Å². The number of nitrogens with zero attached hydrogens (tertiary/aromatic N) is 2. The lowest BCUT2D eigenvalue weighted by Crippen LogP contribution is -2.15. The predicted octanol–water partition coefficient (Wildman–Crippen LogP) is 2.70. The first kappa shape index (κ1) is 13.4. The minimum atomic E-state index is -0.338. The number of nitrogen functional groups attached to an aromatic ring is 1. The van der Waals surface area contributed by atoms with E-state index >= 15 is 0 Å². The molecule has 0 radical (unpaired) electrons. The van der Waals surface area contributed by atoms with E-state index in [4.69, 9.17) is 17.3 Å². The number of carbonyl (C=O) groups is 1. The second kappa shape index (κ2) is 5.32. The molecule has 1 amide bonds. The standard InChI is InChI=1S/C13H15ClN4O/c1-3-18-7-10(15)12(17-18)13(19)16-11-6-9(14)5-4-8(11)2/h4-7H,3,15H2,1-2H3,(H,16,19). The van der Waals surface area contributed by atoms with E-state index in [1.807, 2.05) is 19.9 Å². The molecule has 0 saturated carbocycles. The van der Waals surface area contributed by atoms with Gasteiger partial charge in [0.05, 0.1) is 5.69 Å². The molecule has 0 bridgehead atoms. The van der Waals surface area contributed by atoms with Crippen molar-refractivity contribution in [3.05, 3.63) is 40.7 Å². The van der Waals surface area contributed by atoms with Gasteiger partial charge in [0.15, 0.2) is 5.69 Å². The monoisotopic (exact) mass is 278 g/mol. The van der Waals surface area contributed by atoms with E-state index in [0.29, 0.717) is 22.9 Å². The van der Waals surface area contributed by atoms with Crippen LogP contribution < -0.4 is 11.1 Å². The van der Waals surface area contributed by atoms with Crippen LogP contribution in [0.15, 0.2) is 24.4 Å². The number of rotatable bonds is 3. The fourth-order valence-corrected chi connectivity index (χ4v) is 1.86. The number of nitrogens with one attached hydrogen (secondary N) is 1. The number of carbonyl (C=O) groups excluding carboxylic acids is 1. The van der Waals surface area contributed by atoms with E-state index in [1.165, 1.54) is 0 Å². The van der Waals surface area contributed by atoms with Crippen LogP contribution in [0.5, 0.6) is 0 Å². The van der Waals surface area contributed by atoms with Gasteiger partial charge in [-0.2, -0.15) is 5.10 Å². The van der Waals surface area contributed by atoms with Crippen molar-refractivity contribution in [3.63, 3.8) is 0 Å². The van der Waals surface area contributed by atoms with Gasteiger partial charge in [-0.1, -0.05) is 17.7 Å². The van der Waals surface area contributed by atoms with E-state index in [1.54, 1.807) is 23.0 Å². The zero-order valence-corrected chi connectivity index (χ0v) is 11.5. The number of halogens is 1. The molecule has 1 aromatic heterocycles. The molecule has 0 aliphatic heterocycles. The molecule has 0 fully saturated rings. The van der Waals surface area contributed by atoms with Gasteiger partial charge < -0.3 is 11.1 Å². The zero-order valence-electron chi connectivity index (χ0n) is 10.8. The summed E-state index contributed by atoms with van der Waals surface area (Å²) in [6.45, 7) is 4.48. The van der Waals surface area contributed by atoms with Crippen LogP contribution in [0.25, 0.3) is 0 Å². The Bertz CT molecular complexity index is 621. The Morgan fingerprint density at radius 1 is 1.53 bits per heavy atom. The molecule has 2 rings (SSSR count). The maximum Gasteiger partial charge on any atom is 0.278 e. The van der Waals surface area contributed by atoms with Crippen LogP contribution in [0.1, 0.15) is 23.0 Å². The molecular weight excluding hydrogens is 264 g/mol. The molecule has 0 saturated heterocycles. The number of hydrogen-bond donors (Lipinski definition) is 2. The lowest BCUT2D eigenvalue weighted by atomic mass is 10.2. The molecule has 5 nitrogen and oxygen atoms in total. The average molecular weight is 279 g/mol. The second-order valence-corrected chi connectivity index (χ2v) is 4.64. The molecular formula is C13H15ClN4O. The van der Waals surface area contributed by atoms with Gasteiger partial charge in [-0.05, 0) is 31.5 Å². The van der Waals surface area contributed by atoms with Gasteiger partial charge in [-0.15, -0.1) is 0 Å². The number of nitrogens with two attached hydrogens (primary N) is 1. The van der Waals surface area contributed by atoms with Gasteiger partial charge in [0, 0.05) is 23.5 Å². The molecule has 100 valence electrons. The Kier molecular flexibility index (Phi) is 3.76. The summed E-state index contributed by atoms with van der Waals surface area (Å²) in [5, 5.41) is 7.45. The average Bonchev–Trinajstić information content (AvgIpc) is 2.75. The molecule has 6 heteroatoms. The quantitative estimate of drug-likeness (QED) is 0.907. The van der Waals surface area contributed by atoms with Crippen LogP contribution in [0, 0.1) is 6.92 Å². The molecule has 1 aromatic carbocycles. The van der Waals surface area contributed by atoms with Crippen molar-refractivity contribution >= 4 is 28.9 Å². The highest BCUT2D eigenvalue weighted by atomic mass is 35.5. The molecule has 0 spiro atoms. The summed E-state index contributed by atoms with van der Waals surface area (Å²) in [4.78, 5) is 12.1. The topological polar surface area (TPSA) is 72.9 Å². The minimum absolute atomic E-state index is 0.223. The summed E-state index contributed by atoms with van der Waals surface area (Å²) >= 11 is 5.91. The first-order chi connectivity index (χ1) is 9.01. The highest BCUT2D eigenvalue weighted by Gasteiger charge is 2.15. The van der Waals surface area contributed by atoms with Crippen LogP contribution >= 0.6 is 11.6 Å². The fourth-order valence-electron chi connectivity index (χ4n) is 1.69. The number of anilines is 2. The van der Waals surface area contributed by atoms with Gasteiger partial charge >= 0.3 is 0 Å². The maximum atomic E-state index is 12.1. The smallest absolute Gasteiger partial charge is 0.278 e. The van der Waals surface area contributed by atoms with Crippen molar-refractivity contribution in [2.45, 2.75) is 20.4 Å². The van der Waals surface area contributed by atoms with E-state index < -0.39 is 0 Å². The first-order valence-corrected chi connectivity index (χ1v) is 6.29. The maximum absolute atomic E-state index is 12.1. The summed E-state index contributed by atoms with van der Waals surface area (Å²) in [5.41, 5.74) is 7.93. The third kappa shape index (κ3) is 2.88. The number of amides is 1. The van der Waals surface area contributed by atoms with Gasteiger partial charge in [-0.3, -0.25) is 9.48 Å². The highest BCUT2D eigenvalue weighted by molar-refractivity contribution is 6.31. The van der Waals surface area contributed by atoms with Crippen molar-refractivity contribution in [3.8, 4) is 0 Å². The Morgan fingerprint density at radius 2 is 2.26 bits per heavy atom. The third-order valence-corrected chi connectivity index (χ3v) is 3.01. The van der Waals surface area contributed by atoms with Gasteiger partial charge in [-0.25, -0.2) is 0 Å². The number of hydrogen-bond acceptors (Lipinski definition) is 3. The predicted molar refractivity (Wildman–Crippen MR) is 76.5 cm³/mol. The van der Waals surface area contributed by atoms with Crippen LogP contribution in [0.3, 0.4) is 0 Å². The Hall–Kier alpha value is -2.01. The van der Waals surface area contributed by atoms with E-state index in [9.17, 15) is 4.79 Å². The molecule has 0 aliphatic rings. The zero-order chi connectivity index (χ0) is 14.0. The van der Waals surface area contributed by atoms with Crippen molar-refractivity contribution in [2.75, 3.05) is 11.1 Å². The van der Waals surface area contributed by atoms with Crippen molar-refractivity contribution in [1.82, 2.24) is 9.78 Å². The summed E-state index contributed by atoms with van der Waals surface area (Å²) < 4.78 is 1.62. The largest absolute Gasteiger partial charge is 0.396 e. The van der Waals surface area contributed by atoms with Gasteiger partial charge in [0.1, 0.15) is 0 Å². The van der Waals surface area contributed by atoms with Crippen molar-refractivity contribution in [2.24, 2.45) is 0 Å². The van der Waals surface area contributed by atoms with E-state index in [0.717, 1.165) is 5.56 Å². The number of aryl methyl sites for hydroxylation is 2. The van der Waals surface area contributed by atoms with Crippen LogP contribution in [0.4, 0.5) is 11.4 Å². The minimum Gasteiger partial charge on any atom is -0.396 e. The van der Waals surface area contributed by atoms with Gasteiger partial charge in [0.25, 0.3) is 5.91 Å². The van der Waals surface area contributed by atoms with Crippen molar-refractivity contribution < 1.29 is 4.79 Å². The second-order valence-electron chi connectivity index (χ2n) is 4.20. The van der Waals surface area contributed by atoms with E-state index in [2.05, 4.69) is 10.4 Å². The summed E-state index contributed by atoms with van der Waals surface area (Å²) in [7, 11) is 0. The van der Waals surface area contributed by atoms with E-state index in [-0.39, 0.29) is 11.6 Å². The summed E-state index contributed by atoms with van der Waals surface area (Å²) in [6.07, 6.45) is 1.64. The number of aromatic nitrogens is 2. The summed E-state index contributed by atoms with van der Waals surface area (Å²) in [6, 6.07) is 5.31. The Labute approximate surface area is 116 Å². The molecule has 2 aromatic rings. The molecule has 0 aliphatic carbocycles. The molecule has 3 N–H and O–H groups in total. The molecule has 0 atom stereocenters. The Balaban J connectivity index is 2.25. The lowest BCUT2D eigenvalue weighted by molar-refractivity contribution is 0.102. The highest BCUT2D eigenvalue weighted by Crippen LogP contribution is 2.21. The van der Waals surface area contributed by atoms with Gasteiger partial charge in [0.2, 0.25) is 0 Å². The fraction of sp³-hybridized carbons (Fsp3) is 0.231. The third-order valence-electron chi connectivity index (χ3n) is 2.78. The van der Waals surface area contributed by atoms with Crippen LogP contribution in [-0.4, -0.2) is 15.7 Å². The lowest BCUT2D eigenvalue weighted by Gasteiger charge is -2.07. The van der Waals surface area contributed by atoms with Crippen LogP contribution in [-0.2, 0) is 6.54 Å². The molecule has 1 heterocycles. The molecule has 0 unspecified atom stereocenters. The normalized spacial score (nSPS) is 10.5. The summed E-state index contributed by atoms with van der Waals surface area (Å²) in [5.74, 6) is -0.338. The SMILES string of the molecule is CCn1cc(N)c(C(=O)Nc2cc(Cl)ccc2C)n1.